The summed E-state index contributed by atoms with van der Waals surface area (Å²) in [6, 6.07) is 11.9. The number of carbonyl (C=O) groups excluding carboxylic acids is 4. The normalized spacial score (nSPS) is 14.8. The van der Waals surface area contributed by atoms with E-state index in [1.54, 1.807) is 49.4 Å². The van der Waals surface area contributed by atoms with Gasteiger partial charge in [0.15, 0.2) is 0 Å². The minimum atomic E-state index is -0.666. The number of nitrogens with zero attached hydrogens (tertiary/aromatic N) is 1. The third-order valence-electron chi connectivity index (χ3n) is 4.21. The summed E-state index contributed by atoms with van der Waals surface area (Å²) in [5.41, 5.74) is 1.82. The molecule has 0 aliphatic carbocycles. The Morgan fingerprint density at radius 1 is 1.13 bits per heavy atom. The zero-order valence-electron chi connectivity index (χ0n) is 16.7. The van der Waals surface area contributed by atoms with Gasteiger partial charge in [0.1, 0.15) is 12.3 Å². The largest absolute Gasteiger partial charge is 0.465 e. The summed E-state index contributed by atoms with van der Waals surface area (Å²) in [7, 11) is 0. The molecule has 2 aromatic carbocycles. The van der Waals surface area contributed by atoms with E-state index in [4.69, 9.17) is 9.47 Å². The number of benzene rings is 2. The van der Waals surface area contributed by atoms with Crippen molar-refractivity contribution < 1.29 is 28.7 Å². The Morgan fingerprint density at radius 3 is 2.52 bits per heavy atom. The van der Waals surface area contributed by atoms with Crippen molar-refractivity contribution in [2.24, 2.45) is 0 Å². The molecule has 160 valence electrons. The topological polar surface area (TPSA) is 90.0 Å². The highest BCUT2D eigenvalue weighted by molar-refractivity contribution is 9.10. The van der Waals surface area contributed by atoms with Crippen molar-refractivity contribution in [3.8, 4) is 5.75 Å². The van der Waals surface area contributed by atoms with E-state index in [1.165, 1.54) is 6.08 Å². The molecule has 9 heteroatoms. The van der Waals surface area contributed by atoms with Crippen molar-refractivity contribution in [3.63, 3.8) is 0 Å². The molecule has 3 rings (SSSR count). The summed E-state index contributed by atoms with van der Waals surface area (Å²) in [5, 5.41) is -0.572. The maximum atomic E-state index is 12.6. The highest BCUT2D eigenvalue weighted by Gasteiger charge is 2.36. The van der Waals surface area contributed by atoms with Crippen LogP contribution in [-0.4, -0.2) is 41.1 Å². The van der Waals surface area contributed by atoms with Gasteiger partial charge in [-0.05, 0) is 62.0 Å². The molecule has 0 N–H and O–H groups in total. The summed E-state index contributed by atoms with van der Waals surface area (Å²) >= 11 is 4.06. The van der Waals surface area contributed by atoms with Crippen LogP contribution in [0.4, 0.5) is 4.79 Å². The average Bonchev–Trinajstić information content (AvgIpc) is 2.98. The predicted molar refractivity (Wildman–Crippen MR) is 120 cm³/mol. The molecule has 0 spiro atoms. The van der Waals surface area contributed by atoms with Crippen molar-refractivity contribution in [3.05, 3.63) is 68.5 Å². The van der Waals surface area contributed by atoms with Crippen LogP contribution in [0.15, 0.2) is 51.8 Å². The Kier molecular flexibility index (Phi) is 7.29. The number of amides is 2. The van der Waals surface area contributed by atoms with Gasteiger partial charge in [-0.25, -0.2) is 4.79 Å². The first-order valence-corrected chi connectivity index (χ1v) is 10.9. The highest BCUT2D eigenvalue weighted by atomic mass is 79.9. The number of rotatable bonds is 6. The van der Waals surface area contributed by atoms with Gasteiger partial charge in [-0.15, -0.1) is 0 Å². The standard InChI is InChI=1S/C22H18BrNO6S/c1-3-29-19(25)12-24-20(26)18(31-22(24)28)11-15-10-16(23)8-9-17(15)30-21(27)14-6-4-13(2)5-7-14/h4-11H,3,12H2,1-2H3/b18-11-. The molecule has 0 bridgehead atoms. The molecule has 31 heavy (non-hydrogen) atoms. The van der Waals surface area contributed by atoms with Crippen molar-refractivity contribution in [2.45, 2.75) is 13.8 Å². The maximum absolute atomic E-state index is 12.6. The van der Waals surface area contributed by atoms with Crippen LogP contribution >= 0.6 is 27.7 Å². The fourth-order valence-corrected chi connectivity index (χ4v) is 3.89. The molecule has 1 aliphatic heterocycles. The number of esters is 2. The summed E-state index contributed by atoms with van der Waals surface area (Å²) in [4.78, 5) is 49.9. The SMILES string of the molecule is CCOC(=O)CN1C(=O)S/C(=C\c2cc(Br)ccc2OC(=O)c2ccc(C)cc2)C1=O. The monoisotopic (exact) mass is 503 g/mol. The molecule has 0 radical (unpaired) electrons. The van der Waals surface area contributed by atoms with Crippen LogP contribution in [0.5, 0.6) is 5.75 Å². The Bertz CT molecular complexity index is 1080. The van der Waals surface area contributed by atoms with E-state index in [1.807, 2.05) is 6.92 Å². The van der Waals surface area contributed by atoms with Crippen LogP contribution in [0.2, 0.25) is 0 Å². The van der Waals surface area contributed by atoms with E-state index in [0.717, 1.165) is 10.5 Å². The second kappa shape index (κ2) is 9.93. The van der Waals surface area contributed by atoms with Crippen molar-refractivity contribution in [2.75, 3.05) is 13.2 Å². The lowest BCUT2D eigenvalue weighted by Gasteiger charge is -2.11. The van der Waals surface area contributed by atoms with E-state index >= 15 is 0 Å². The summed E-state index contributed by atoms with van der Waals surface area (Å²) in [5.74, 6) is -1.60. The van der Waals surface area contributed by atoms with Gasteiger partial charge in [0.25, 0.3) is 11.1 Å². The molecule has 0 atom stereocenters. The second-order valence-corrected chi connectivity index (χ2v) is 8.42. The van der Waals surface area contributed by atoms with Gasteiger partial charge in [-0.1, -0.05) is 33.6 Å². The number of imide groups is 1. The van der Waals surface area contributed by atoms with E-state index in [-0.39, 0.29) is 17.3 Å². The van der Waals surface area contributed by atoms with Gasteiger partial charge in [0.2, 0.25) is 0 Å². The first kappa shape index (κ1) is 22.8. The van der Waals surface area contributed by atoms with Gasteiger partial charge >= 0.3 is 11.9 Å². The number of ether oxygens (including phenoxy) is 2. The number of halogens is 1. The smallest absolute Gasteiger partial charge is 0.343 e. The number of carbonyl (C=O) groups is 4. The van der Waals surface area contributed by atoms with E-state index in [2.05, 4.69) is 15.9 Å². The maximum Gasteiger partial charge on any atom is 0.343 e. The van der Waals surface area contributed by atoms with Crippen molar-refractivity contribution in [1.82, 2.24) is 4.90 Å². The minimum Gasteiger partial charge on any atom is -0.465 e. The van der Waals surface area contributed by atoms with Crippen LogP contribution in [0.1, 0.15) is 28.4 Å². The molecule has 1 saturated heterocycles. The third kappa shape index (κ3) is 5.62. The predicted octanol–water partition coefficient (Wildman–Crippen LogP) is 4.58. The van der Waals surface area contributed by atoms with Gasteiger partial charge in [0.05, 0.1) is 17.1 Å². The molecular weight excluding hydrogens is 486 g/mol. The van der Waals surface area contributed by atoms with Crippen LogP contribution in [0.3, 0.4) is 0 Å². The third-order valence-corrected chi connectivity index (χ3v) is 5.62. The Morgan fingerprint density at radius 2 is 1.84 bits per heavy atom. The molecule has 2 amide bonds. The Labute approximate surface area is 191 Å². The fourth-order valence-electron chi connectivity index (χ4n) is 2.69. The first-order chi connectivity index (χ1) is 14.8. The molecular formula is C22H18BrNO6S. The zero-order valence-corrected chi connectivity index (χ0v) is 19.1. The van der Waals surface area contributed by atoms with E-state index < -0.39 is 29.6 Å². The average molecular weight is 504 g/mol. The molecule has 1 aliphatic rings. The van der Waals surface area contributed by atoms with Gasteiger partial charge in [0, 0.05) is 10.0 Å². The lowest BCUT2D eigenvalue weighted by Crippen LogP contribution is -2.34. The molecule has 7 nitrogen and oxygen atoms in total. The Balaban J connectivity index is 1.85. The number of hydrogen-bond acceptors (Lipinski definition) is 7. The van der Waals surface area contributed by atoms with Gasteiger partial charge in [-0.2, -0.15) is 0 Å². The van der Waals surface area contributed by atoms with E-state index in [0.29, 0.717) is 27.4 Å². The molecule has 0 unspecified atom stereocenters. The van der Waals surface area contributed by atoms with Crippen molar-refractivity contribution in [1.29, 1.82) is 0 Å². The molecule has 1 heterocycles. The number of hydrogen-bond donors (Lipinski definition) is 0. The summed E-state index contributed by atoms with van der Waals surface area (Å²) in [6.07, 6.45) is 1.46. The van der Waals surface area contributed by atoms with Gasteiger partial charge < -0.3 is 9.47 Å². The van der Waals surface area contributed by atoms with Crippen LogP contribution < -0.4 is 4.74 Å². The Hall–Kier alpha value is -2.91. The lowest BCUT2D eigenvalue weighted by molar-refractivity contribution is -0.145. The van der Waals surface area contributed by atoms with Crippen LogP contribution in [-0.2, 0) is 14.3 Å². The lowest BCUT2D eigenvalue weighted by atomic mass is 10.1. The highest BCUT2D eigenvalue weighted by Crippen LogP contribution is 2.35. The zero-order chi connectivity index (χ0) is 22.5. The molecule has 2 aromatic rings. The van der Waals surface area contributed by atoms with Crippen molar-refractivity contribution >= 4 is 56.9 Å². The quantitative estimate of drug-likeness (QED) is 0.323. The second-order valence-electron chi connectivity index (χ2n) is 6.51. The first-order valence-electron chi connectivity index (χ1n) is 9.28. The fraction of sp³-hybridized carbons (Fsp3) is 0.182. The van der Waals surface area contributed by atoms with Crippen LogP contribution in [0.25, 0.3) is 6.08 Å². The summed E-state index contributed by atoms with van der Waals surface area (Å²) < 4.78 is 11.0. The summed E-state index contributed by atoms with van der Waals surface area (Å²) in [6.45, 7) is 3.25. The van der Waals surface area contributed by atoms with Crippen LogP contribution in [0, 0.1) is 6.92 Å². The molecule has 0 saturated carbocycles. The number of aryl methyl sites for hydroxylation is 1. The molecule has 0 aromatic heterocycles. The van der Waals surface area contributed by atoms with E-state index in [9.17, 15) is 19.2 Å². The minimum absolute atomic E-state index is 0.111. The number of thioether (sulfide) groups is 1. The van der Waals surface area contributed by atoms with Gasteiger partial charge in [-0.3, -0.25) is 19.3 Å². The molecule has 1 fully saturated rings.